The average molecular weight is 386 g/mol. The lowest BCUT2D eigenvalue weighted by Gasteiger charge is -2.33. The molecule has 1 unspecified atom stereocenters. The zero-order chi connectivity index (χ0) is 20.1. The molecular weight excluding hydrogens is 354 g/mol. The third-order valence-corrected chi connectivity index (χ3v) is 5.58. The Balaban J connectivity index is 1.44. The number of nitrogens with zero attached hydrogens (tertiary/aromatic N) is 2. The number of hydrogen-bond donors (Lipinski definition) is 1. The van der Waals surface area contributed by atoms with Crippen LogP contribution in [0.25, 0.3) is 0 Å². The Bertz CT molecular complexity index is 696. The third-order valence-electron chi connectivity index (χ3n) is 5.58. The van der Waals surface area contributed by atoms with E-state index in [1.165, 1.54) is 0 Å². The molecule has 1 aromatic carbocycles. The summed E-state index contributed by atoms with van der Waals surface area (Å²) < 4.78 is 0. The van der Waals surface area contributed by atoms with E-state index in [1.54, 1.807) is 4.90 Å². The molecule has 2 aliphatic heterocycles. The molecule has 0 aliphatic carbocycles. The van der Waals surface area contributed by atoms with Crippen LogP contribution >= 0.6 is 0 Å². The lowest BCUT2D eigenvalue weighted by atomic mass is 10.0. The minimum atomic E-state index is -0.281. The number of piperidine rings is 1. The fourth-order valence-electron chi connectivity index (χ4n) is 3.98. The van der Waals surface area contributed by atoms with Crippen LogP contribution in [0.3, 0.4) is 0 Å². The second-order valence-electron chi connectivity index (χ2n) is 8.42. The Morgan fingerprint density at radius 2 is 1.82 bits per heavy atom. The van der Waals surface area contributed by atoms with Gasteiger partial charge in [-0.3, -0.25) is 14.4 Å². The molecule has 1 N–H and O–H groups in total. The molecule has 1 aromatic rings. The first-order chi connectivity index (χ1) is 13.4. The molecule has 0 bridgehead atoms. The summed E-state index contributed by atoms with van der Waals surface area (Å²) in [6.45, 7) is 6.52. The maximum absolute atomic E-state index is 12.6. The Hall–Kier alpha value is -2.37. The summed E-state index contributed by atoms with van der Waals surface area (Å²) >= 11 is 0. The van der Waals surface area contributed by atoms with Gasteiger partial charge in [-0.15, -0.1) is 0 Å². The average Bonchev–Trinajstić information content (AvgIpc) is 3.03. The molecule has 0 spiro atoms. The molecule has 2 saturated heterocycles. The summed E-state index contributed by atoms with van der Waals surface area (Å²) in [6.07, 6.45) is 2.43. The first-order valence-corrected chi connectivity index (χ1v) is 10.3. The Kier molecular flexibility index (Phi) is 6.70. The quantitative estimate of drug-likeness (QED) is 0.816. The van der Waals surface area contributed by atoms with E-state index in [0.29, 0.717) is 38.5 Å². The van der Waals surface area contributed by atoms with E-state index in [2.05, 4.69) is 19.2 Å². The van der Waals surface area contributed by atoms with Gasteiger partial charge in [-0.1, -0.05) is 44.2 Å². The molecule has 6 heteroatoms. The van der Waals surface area contributed by atoms with Crippen LogP contribution in [0.1, 0.15) is 45.1 Å². The molecule has 2 heterocycles. The summed E-state index contributed by atoms with van der Waals surface area (Å²) in [7, 11) is 0. The largest absolute Gasteiger partial charge is 0.353 e. The van der Waals surface area contributed by atoms with Crippen molar-refractivity contribution in [3.05, 3.63) is 35.9 Å². The number of likely N-dealkylation sites (tertiary alicyclic amines) is 2. The van der Waals surface area contributed by atoms with Gasteiger partial charge in [-0.25, -0.2) is 0 Å². The maximum Gasteiger partial charge on any atom is 0.225 e. The van der Waals surface area contributed by atoms with Gasteiger partial charge < -0.3 is 15.1 Å². The van der Waals surface area contributed by atoms with Gasteiger partial charge in [0.2, 0.25) is 17.7 Å². The Morgan fingerprint density at radius 3 is 2.46 bits per heavy atom. The third kappa shape index (κ3) is 5.33. The van der Waals surface area contributed by atoms with E-state index in [1.807, 2.05) is 35.2 Å². The molecule has 152 valence electrons. The van der Waals surface area contributed by atoms with Crippen LogP contribution in [0.2, 0.25) is 0 Å². The van der Waals surface area contributed by atoms with Gasteiger partial charge >= 0.3 is 0 Å². The van der Waals surface area contributed by atoms with Crippen molar-refractivity contribution in [1.29, 1.82) is 0 Å². The second kappa shape index (κ2) is 9.22. The van der Waals surface area contributed by atoms with Crippen LogP contribution in [0.4, 0.5) is 0 Å². The first kappa shape index (κ1) is 20.4. The number of amides is 3. The van der Waals surface area contributed by atoms with Gasteiger partial charge in [0, 0.05) is 45.1 Å². The monoisotopic (exact) mass is 385 g/mol. The highest BCUT2D eigenvalue weighted by molar-refractivity contribution is 5.89. The van der Waals surface area contributed by atoms with Crippen molar-refractivity contribution in [2.45, 2.75) is 52.1 Å². The minimum Gasteiger partial charge on any atom is -0.353 e. The van der Waals surface area contributed by atoms with Crippen molar-refractivity contribution in [3.63, 3.8) is 0 Å². The zero-order valence-corrected chi connectivity index (χ0v) is 16.9. The van der Waals surface area contributed by atoms with Gasteiger partial charge in [-0.05, 0) is 24.3 Å². The number of nitrogens with one attached hydrogen (secondary N) is 1. The van der Waals surface area contributed by atoms with E-state index in [4.69, 9.17) is 0 Å². The number of carbonyl (C=O) groups excluding carboxylic acids is 3. The second-order valence-corrected chi connectivity index (χ2v) is 8.42. The summed E-state index contributed by atoms with van der Waals surface area (Å²) in [6, 6.07) is 9.95. The van der Waals surface area contributed by atoms with Gasteiger partial charge in [0.05, 0.1) is 5.92 Å². The molecule has 1 atom stereocenters. The number of rotatable bonds is 6. The number of carbonyl (C=O) groups is 3. The Morgan fingerprint density at radius 1 is 1.14 bits per heavy atom. The summed E-state index contributed by atoms with van der Waals surface area (Å²) in [4.78, 5) is 40.8. The van der Waals surface area contributed by atoms with Crippen molar-refractivity contribution in [2.24, 2.45) is 11.8 Å². The lowest BCUT2D eigenvalue weighted by molar-refractivity contribution is -0.133. The molecule has 6 nitrogen and oxygen atoms in total. The van der Waals surface area contributed by atoms with Crippen LogP contribution in [0.15, 0.2) is 30.3 Å². The topological polar surface area (TPSA) is 69.7 Å². The molecule has 3 rings (SSSR count). The van der Waals surface area contributed by atoms with E-state index in [-0.39, 0.29) is 36.1 Å². The number of hydrogen-bond acceptors (Lipinski definition) is 3. The van der Waals surface area contributed by atoms with Crippen LogP contribution in [0, 0.1) is 11.8 Å². The Labute approximate surface area is 167 Å². The first-order valence-electron chi connectivity index (χ1n) is 10.3. The standard InChI is InChI=1S/C22H31N3O3/c1-16(2)12-20(26)24-10-8-19(9-11-24)23-22(28)18-13-21(27)25(15-18)14-17-6-4-3-5-7-17/h3-7,16,18-19H,8-15H2,1-2H3,(H,23,28). The molecule has 3 amide bonds. The van der Waals surface area contributed by atoms with E-state index < -0.39 is 0 Å². The number of benzene rings is 1. The fraction of sp³-hybridized carbons (Fsp3) is 0.591. The molecule has 28 heavy (non-hydrogen) atoms. The predicted molar refractivity (Wildman–Crippen MR) is 107 cm³/mol. The highest BCUT2D eigenvalue weighted by Crippen LogP contribution is 2.21. The molecular formula is C22H31N3O3. The smallest absolute Gasteiger partial charge is 0.225 e. The van der Waals surface area contributed by atoms with Crippen LogP contribution in [-0.4, -0.2) is 53.2 Å². The zero-order valence-electron chi connectivity index (χ0n) is 16.9. The predicted octanol–water partition coefficient (Wildman–Crippen LogP) is 2.19. The SMILES string of the molecule is CC(C)CC(=O)N1CCC(NC(=O)C2CC(=O)N(Cc3ccccc3)C2)CC1. The highest BCUT2D eigenvalue weighted by atomic mass is 16.2. The molecule has 0 aromatic heterocycles. The molecule has 2 aliphatic rings. The molecule has 2 fully saturated rings. The van der Waals surface area contributed by atoms with Crippen molar-refractivity contribution in [1.82, 2.24) is 15.1 Å². The van der Waals surface area contributed by atoms with Crippen molar-refractivity contribution in [3.8, 4) is 0 Å². The van der Waals surface area contributed by atoms with E-state index >= 15 is 0 Å². The van der Waals surface area contributed by atoms with E-state index in [0.717, 1.165) is 18.4 Å². The molecule has 0 radical (unpaired) electrons. The van der Waals surface area contributed by atoms with Gasteiger partial charge in [0.1, 0.15) is 0 Å². The summed E-state index contributed by atoms with van der Waals surface area (Å²) in [5.41, 5.74) is 1.08. The van der Waals surface area contributed by atoms with Crippen molar-refractivity contribution < 1.29 is 14.4 Å². The fourth-order valence-corrected chi connectivity index (χ4v) is 3.98. The molecule has 0 saturated carbocycles. The highest BCUT2D eigenvalue weighted by Gasteiger charge is 2.35. The van der Waals surface area contributed by atoms with Gasteiger partial charge in [-0.2, -0.15) is 0 Å². The summed E-state index contributed by atoms with van der Waals surface area (Å²) in [5, 5.41) is 3.11. The lowest BCUT2D eigenvalue weighted by Crippen LogP contribution is -2.48. The summed E-state index contributed by atoms with van der Waals surface area (Å²) in [5.74, 6) is 0.298. The van der Waals surface area contributed by atoms with Gasteiger partial charge in [0.15, 0.2) is 0 Å². The van der Waals surface area contributed by atoms with Crippen molar-refractivity contribution in [2.75, 3.05) is 19.6 Å². The van der Waals surface area contributed by atoms with Crippen molar-refractivity contribution >= 4 is 17.7 Å². The normalized spacial score (nSPS) is 20.7. The maximum atomic E-state index is 12.6. The van der Waals surface area contributed by atoms with Crippen LogP contribution < -0.4 is 5.32 Å². The van der Waals surface area contributed by atoms with E-state index in [9.17, 15) is 14.4 Å². The van der Waals surface area contributed by atoms with Gasteiger partial charge in [0.25, 0.3) is 0 Å². The van der Waals surface area contributed by atoms with Crippen LogP contribution in [-0.2, 0) is 20.9 Å². The minimum absolute atomic E-state index is 0.0316. The van der Waals surface area contributed by atoms with Crippen LogP contribution in [0.5, 0.6) is 0 Å².